The van der Waals surface area contributed by atoms with Gasteiger partial charge in [-0.1, -0.05) is 12.1 Å². The van der Waals surface area contributed by atoms with Crippen LogP contribution in [0.3, 0.4) is 0 Å². The Kier molecular flexibility index (Phi) is 4.63. The third-order valence-electron chi connectivity index (χ3n) is 2.81. The molecule has 1 heterocycles. The number of ketones is 2. The number of aromatic nitrogens is 2. The molecule has 1 N–H and O–H groups in total. The van der Waals surface area contributed by atoms with Gasteiger partial charge in [0.1, 0.15) is 11.3 Å². The summed E-state index contributed by atoms with van der Waals surface area (Å²) >= 11 is 0. The Bertz CT molecular complexity index is 806. The van der Waals surface area contributed by atoms with E-state index in [9.17, 15) is 14.4 Å². The molecule has 0 unspecified atom stereocenters. The van der Waals surface area contributed by atoms with E-state index in [0.29, 0.717) is 11.3 Å². The monoisotopic (exact) mass is 298 g/mol. The molecular weight excluding hydrogens is 284 g/mol. The molecule has 0 aliphatic rings. The van der Waals surface area contributed by atoms with Gasteiger partial charge in [0.05, 0.1) is 11.9 Å². The van der Waals surface area contributed by atoms with E-state index in [1.807, 2.05) is 0 Å². The maximum Gasteiger partial charge on any atom is 0.261 e. The molecule has 6 nitrogen and oxygen atoms in total. The highest BCUT2D eigenvalue weighted by atomic mass is 16.5. The summed E-state index contributed by atoms with van der Waals surface area (Å²) in [6, 6.07) is 6.65. The van der Waals surface area contributed by atoms with Gasteiger partial charge in [-0.2, -0.15) is 0 Å². The summed E-state index contributed by atoms with van der Waals surface area (Å²) in [4.78, 5) is 40.9. The molecule has 2 rings (SSSR count). The summed E-state index contributed by atoms with van der Waals surface area (Å²) in [5, 5.41) is 0. The highest BCUT2D eigenvalue weighted by molar-refractivity contribution is 5.97. The van der Waals surface area contributed by atoms with Crippen LogP contribution in [0.25, 0.3) is 6.08 Å². The first-order valence-electron chi connectivity index (χ1n) is 6.53. The molecular formula is C16H14N2O4. The van der Waals surface area contributed by atoms with Crippen molar-refractivity contribution in [3.05, 3.63) is 58.1 Å². The van der Waals surface area contributed by atoms with Crippen molar-refractivity contribution in [3.8, 4) is 11.6 Å². The molecule has 112 valence electrons. The molecule has 0 spiro atoms. The Morgan fingerprint density at radius 3 is 2.64 bits per heavy atom. The first-order chi connectivity index (χ1) is 10.5. The minimum absolute atomic E-state index is 0.0231. The van der Waals surface area contributed by atoms with Crippen LogP contribution in [0.4, 0.5) is 0 Å². The smallest absolute Gasteiger partial charge is 0.261 e. The first kappa shape index (κ1) is 15.4. The van der Waals surface area contributed by atoms with Crippen molar-refractivity contribution in [2.45, 2.75) is 13.8 Å². The van der Waals surface area contributed by atoms with Crippen molar-refractivity contribution in [3.63, 3.8) is 0 Å². The van der Waals surface area contributed by atoms with Crippen LogP contribution < -0.4 is 10.3 Å². The molecule has 0 radical (unpaired) electrons. The summed E-state index contributed by atoms with van der Waals surface area (Å²) in [6.07, 6.45) is 3.77. The Hall–Kier alpha value is -3.02. The lowest BCUT2D eigenvalue weighted by Gasteiger charge is -2.09. The summed E-state index contributed by atoms with van der Waals surface area (Å²) in [6.45, 7) is 2.79. The van der Waals surface area contributed by atoms with E-state index in [2.05, 4.69) is 9.97 Å². The molecule has 2 aromatic rings. The van der Waals surface area contributed by atoms with Gasteiger partial charge in [0.15, 0.2) is 11.6 Å². The van der Waals surface area contributed by atoms with E-state index in [1.165, 1.54) is 32.3 Å². The molecule has 0 saturated carbocycles. The van der Waals surface area contributed by atoms with Crippen LogP contribution in [0.1, 0.15) is 29.8 Å². The molecule has 1 aromatic carbocycles. The second kappa shape index (κ2) is 6.62. The maximum atomic E-state index is 11.9. The number of aromatic amines is 1. The van der Waals surface area contributed by atoms with Gasteiger partial charge in [-0.15, -0.1) is 0 Å². The molecule has 0 amide bonds. The fourth-order valence-electron chi connectivity index (χ4n) is 1.77. The van der Waals surface area contributed by atoms with E-state index in [0.717, 1.165) is 0 Å². The van der Waals surface area contributed by atoms with E-state index < -0.39 is 5.56 Å². The fourth-order valence-corrected chi connectivity index (χ4v) is 1.77. The number of Topliss-reactive ketones (excluding diaryl/α,β-unsaturated/α-hetero) is 1. The summed E-state index contributed by atoms with van der Waals surface area (Å²) in [7, 11) is 0. The second-order valence-electron chi connectivity index (χ2n) is 4.55. The number of carbonyl (C=O) groups is 2. The average molecular weight is 298 g/mol. The Labute approximate surface area is 126 Å². The predicted octanol–water partition coefficient (Wildman–Crippen LogP) is 2.37. The van der Waals surface area contributed by atoms with Crippen LogP contribution in [0.5, 0.6) is 11.6 Å². The molecule has 0 bridgehead atoms. The minimum Gasteiger partial charge on any atom is -0.437 e. The maximum absolute atomic E-state index is 11.9. The van der Waals surface area contributed by atoms with Gasteiger partial charge in [-0.3, -0.25) is 14.4 Å². The number of nitrogens with zero attached hydrogens (tertiary/aromatic N) is 1. The number of carbonyl (C=O) groups excluding carboxylic acids is 2. The van der Waals surface area contributed by atoms with Crippen molar-refractivity contribution >= 4 is 17.6 Å². The standard InChI is InChI=1S/C16H14N2O4/c1-10(19)7-8-13-15(21)17-9-18-16(13)22-14-6-4-3-5-12(14)11(2)20/h3-9H,1-2H3,(H,17,18,21)/b8-7+. The predicted molar refractivity (Wildman–Crippen MR) is 81.1 cm³/mol. The zero-order chi connectivity index (χ0) is 16.1. The minimum atomic E-state index is -0.442. The lowest BCUT2D eigenvalue weighted by molar-refractivity contribution is -0.112. The number of ether oxygens (including phenoxy) is 1. The quantitative estimate of drug-likeness (QED) is 0.676. The number of hydrogen-bond donors (Lipinski definition) is 1. The topological polar surface area (TPSA) is 89.1 Å². The van der Waals surface area contributed by atoms with Crippen LogP contribution >= 0.6 is 0 Å². The van der Waals surface area contributed by atoms with Crippen LogP contribution in [0.2, 0.25) is 0 Å². The number of para-hydroxylation sites is 1. The van der Waals surface area contributed by atoms with Gasteiger partial charge in [-0.25, -0.2) is 4.98 Å². The van der Waals surface area contributed by atoms with E-state index in [-0.39, 0.29) is 23.0 Å². The molecule has 0 aliphatic carbocycles. The normalized spacial score (nSPS) is 10.6. The zero-order valence-electron chi connectivity index (χ0n) is 12.1. The number of benzene rings is 1. The Morgan fingerprint density at radius 2 is 1.95 bits per heavy atom. The van der Waals surface area contributed by atoms with Crippen LogP contribution in [0.15, 0.2) is 41.5 Å². The van der Waals surface area contributed by atoms with Crippen molar-refractivity contribution in [1.82, 2.24) is 9.97 Å². The SMILES string of the molecule is CC(=O)/C=C/c1c(Oc2ccccc2C(C)=O)nc[nH]c1=O. The molecule has 6 heteroatoms. The fraction of sp³-hybridized carbons (Fsp3) is 0.125. The van der Waals surface area contributed by atoms with E-state index in [4.69, 9.17) is 4.74 Å². The van der Waals surface area contributed by atoms with Crippen LogP contribution in [0, 0.1) is 0 Å². The summed E-state index contributed by atoms with van der Waals surface area (Å²) in [5.41, 5.74) is 0.0462. The number of allylic oxidation sites excluding steroid dienone is 1. The third kappa shape index (κ3) is 3.54. The summed E-state index contributed by atoms with van der Waals surface area (Å²) in [5.74, 6) is -0.0554. The molecule has 1 aromatic heterocycles. The highest BCUT2D eigenvalue weighted by Crippen LogP contribution is 2.25. The van der Waals surface area contributed by atoms with E-state index in [1.54, 1.807) is 24.3 Å². The molecule has 22 heavy (non-hydrogen) atoms. The largest absolute Gasteiger partial charge is 0.437 e. The average Bonchev–Trinajstić information content (AvgIpc) is 2.46. The highest BCUT2D eigenvalue weighted by Gasteiger charge is 2.13. The Morgan fingerprint density at radius 1 is 1.23 bits per heavy atom. The summed E-state index contributed by atoms with van der Waals surface area (Å²) < 4.78 is 5.60. The van der Waals surface area contributed by atoms with Gasteiger partial charge in [-0.05, 0) is 38.1 Å². The van der Waals surface area contributed by atoms with Crippen molar-refractivity contribution in [1.29, 1.82) is 0 Å². The zero-order valence-corrected chi connectivity index (χ0v) is 12.1. The number of H-pyrrole nitrogens is 1. The first-order valence-corrected chi connectivity index (χ1v) is 6.53. The van der Waals surface area contributed by atoms with Gasteiger partial charge in [0.2, 0.25) is 5.88 Å². The van der Waals surface area contributed by atoms with E-state index >= 15 is 0 Å². The van der Waals surface area contributed by atoms with Crippen molar-refractivity contribution in [2.75, 3.05) is 0 Å². The Balaban J connectivity index is 2.47. The number of hydrogen-bond acceptors (Lipinski definition) is 5. The second-order valence-corrected chi connectivity index (χ2v) is 4.55. The van der Waals surface area contributed by atoms with Gasteiger partial charge in [0.25, 0.3) is 5.56 Å². The van der Waals surface area contributed by atoms with Crippen molar-refractivity contribution in [2.24, 2.45) is 0 Å². The molecule has 0 saturated heterocycles. The lowest BCUT2D eigenvalue weighted by atomic mass is 10.1. The van der Waals surface area contributed by atoms with Crippen LogP contribution in [-0.4, -0.2) is 21.5 Å². The molecule has 0 fully saturated rings. The van der Waals surface area contributed by atoms with Crippen LogP contribution in [-0.2, 0) is 4.79 Å². The number of rotatable bonds is 5. The lowest BCUT2D eigenvalue weighted by Crippen LogP contribution is -2.12. The molecule has 0 atom stereocenters. The number of nitrogens with one attached hydrogen (secondary N) is 1. The van der Waals surface area contributed by atoms with Crippen molar-refractivity contribution < 1.29 is 14.3 Å². The van der Waals surface area contributed by atoms with Gasteiger partial charge < -0.3 is 9.72 Å². The third-order valence-corrected chi connectivity index (χ3v) is 2.81. The van der Waals surface area contributed by atoms with Gasteiger partial charge >= 0.3 is 0 Å². The van der Waals surface area contributed by atoms with Gasteiger partial charge in [0, 0.05) is 0 Å². The molecule has 0 aliphatic heterocycles.